The van der Waals surface area contributed by atoms with Gasteiger partial charge in [0.2, 0.25) is 5.78 Å². The molecule has 0 aromatic carbocycles. The average molecular weight is 284 g/mol. The summed E-state index contributed by atoms with van der Waals surface area (Å²) in [5.74, 6) is -2.91. The van der Waals surface area contributed by atoms with Gasteiger partial charge in [-0.25, -0.2) is 0 Å². The zero-order chi connectivity index (χ0) is 14.0. The number of ketones is 1. The second-order valence-electron chi connectivity index (χ2n) is 6.53. The molecule has 0 aromatic heterocycles. The lowest BCUT2D eigenvalue weighted by Gasteiger charge is -2.35. The highest BCUT2D eigenvalue weighted by atomic mass is 16.8. The number of Topliss-reactive ketones (excluding diaryl/α,β-unsaturated/α-hetero) is 1. The number of carbonyl (C=O) groups excluding carboxylic acids is 1. The van der Waals surface area contributed by atoms with E-state index in [2.05, 4.69) is 0 Å². The summed E-state index contributed by atoms with van der Waals surface area (Å²) in [5.41, 5.74) is 0. The molecule has 112 valence electrons. The van der Waals surface area contributed by atoms with Gasteiger partial charge in [-0.05, 0) is 26.7 Å². The van der Waals surface area contributed by atoms with Gasteiger partial charge in [-0.3, -0.25) is 4.79 Å². The van der Waals surface area contributed by atoms with Crippen LogP contribution in [0.25, 0.3) is 0 Å². The molecule has 4 fully saturated rings. The number of hydrogen-bond donors (Lipinski definition) is 0. The fraction of sp³-hybridized carbons (Fsp3) is 0.929. The van der Waals surface area contributed by atoms with E-state index < -0.39 is 23.5 Å². The van der Waals surface area contributed by atoms with Gasteiger partial charge in [-0.15, -0.1) is 0 Å². The summed E-state index contributed by atoms with van der Waals surface area (Å²) in [7, 11) is 0. The van der Waals surface area contributed by atoms with Crippen LogP contribution in [0.2, 0.25) is 0 Å². The lowest BCUT2D eigenvalue weighted by Crippen LogP contribution is -2.58. The highest BCUT2D eigenvalue weighted by Crippen LogP contribution is 2.46. The minimum atomic E-state index is -1.32. The highest BCUT2D eigenvalue weighted by molar-refractivity contribution is 5.92. The topological polar surface area (TPSA) is 63.2 Å². The SMILES string of the molecule is CC1(C)OC[C@]2(OC[C@H]3OC4(CCCC4)OC3C2=O)O1. The predicted molar refractivity (Wildman–Crippen MR) is 65.8 cm³/mol. The van der Waals surface area contributed by atoms with Crippen molar-refractivity contribution < 1.29 is 28.5 Å². The molecule has 3 aliphatic heterocycles. The van der Waals surface area contributed by atoms with Crippen LogP contribution in [-0.2, 0) is 28.5 Å². The summed E-state index contributed by atoms with van der Waals surface area (Å²) in [4.78, 5) is 12.7. The highest BCUT2D eigenvalue weighted by Gasteiger charge is 2.63. The Kier molecular flexibility index (Phi) is 2.64. The minimum Gasteiger partial charge on any atom is -0.344 e. The summed E-state index contributed by atoms with van der Waals surface area (Å²) < 4.78 is 28.9. The molecule has 3 saturated heterocycles. The molecule has 4 aliphatic rings. The molecule has 1 saturated carbocycles. The Morgan fingerprint density at radius 3 is 2.50 bits per heavy atom. The molecule has 20 heavy (non-hydrogen) atoms. The van der Waals surface area contributed by atoms with Gasteiger partial charge in [0.1, 0.15) is 12.7 Å². The maximum Gasteiger partial charge on any atom is 0.258 e. The van der Waals surface area contributed by atoms with Crippen molar-refractivity contribution in [3.63, 3.8) is 0 Å². The molecule has 4 rings (SSSR count). The van der Waals surface area contributed by atoms with E-state index >= 15 is 0 Å². The first-order valence-corrected chi connectivity index (χ1v) is 7.32. The Hall–Kier alpha value is -0.530. The van der Waals surface area contributed by atoms with Crippen LogP contribution in [0.15, 0.2) is 0 Å². The molecule has 0 bridgehead atoms. The molecular formula is C14H20O6. The smallest absolute Gasteiger partial charge is 0.258 e. The summed E-state index contributed by atoms with van der Waals surface area (Å²) >= 11 is 0. The number of carbonyl (C=O) groups is 1. The van der Waals surface area contributed by atoms with Crippen LogP contribution >= 0.6 is 0 Å². The van der Waals surface area contributed by atoms with Crippen molar-refractivity contribution in [2.24, 2.45) is 0 Å². The summed E-state index contributed by atoms with van der Waals surface area (Å²) in [5, 5.41) is 0. The van der Waals surface area contributed by atoms with Crippen molar-refractivity contribution in [2.45, 2.75) is 69.1 Å². The van der Waals surface area contributed by atoms with Crippen LogP contribution in [0.5, 0.6) is 0 Å². The van der Waals surface area contributed by atoms with Gasteiger partial charge in [0.25, 0.3) is 5.79 Å². The van der Waals surface area contributed by atoms with Crippen LogP contribution in [0.4, 0.5) is 0 Å². The quantitative estimate of drug-likeness (QED) is 0.664. The fourth-order valence-electron chi connectivity index (χ4n) is 3.59. The second-order valence-corrected chi connectivity index (χ2v) is 6.53. The molecule has 0 N–H and O–H groups in total. The van der Waals surface area contributed by atoms with Gasteiger partial charge in [0.05, 0.1) is 6.61 Å². The van der Waals surface area contributed by atoms with Crippen molar-refractivity contribution in [3.8, 4) is 0 Å². The number of ether oxygens (including phenoxy) is 5. The minimum absolute atomic E-state index is 0.110. The Morgan fingerprint density at radius 2 is 1.85 bits per heavy atom. The van der Waals surface area contributed by atoms with Crippen LogP contribution in [-0.4, -0.2) is 48.6 Å². The van der Waals surface area contributed by atoms with Crippen molar-refractivity contribution in [2.75, 3.05) is 13.2 Å². The van der Waals surface area contributed by atoms with Gasteiger partial charge in [0, 0.05) is 12.8 Å². The van der Waals surface area contributed by atoms with Crippen LogP contribution in [0.3, 0.4) is 0 Å². The Labute approximate surface area is 117 Å². The monoisotopic (exact) mass is 284 g/mol. The first-order chi connectivity index (χ1) is 9.44. The molecule has 0 radical (unpaired) electrons. The molecule has 2 spiro atoms. The third kappa shape index (κ3) is 1.79. The number of rotatable bonds is 0. The largest absolute Gasteiger partial charge is 0.344 e. The molecule has 0 amide bonds. The summed E-state index contributed by atoms with van der Waals surface area (Å²) in [6.07, 6.45) is 2.93. The first-order valence-electron chi connectivity index (χ1n) is 7.32. The molecule has 1 unspecified atom stereocenters. The van der Waals surface area contributed by atoms with Gasteiger partial charge in [0.15, 0.2) is 17.7 Å². The van der Waals surface area contributed by atoms with E-state index in [0.29, 0.717) is 6.61 Å². The third-order valence-corrected chi connectivity index (χ3v) is 4.55. The van der Waals surface area contributed by atoms with Crippen molar-refractivity contribution >= 4 is 5.78 Å². The molecule has 6 heteroatoms. The van der Waals surface area contributed by atoms with Gasteiger partial charge in [-0.2, -0.15) is 0 Å². The van der Waals surface area contributed by atoms with Crippen LogP contribution < -0.4 is 0 Å². The zero-order valence-corrected chi connectivity index (χ0v) is 11.8. The van der Waals surface area contributed by atoms with Crippen molar-refractivity contribution in [3.05, 3.63) is 0 Å². The van der Waals surface area contributed by atoms with Crippen molar-refractivity contribution in [1.82, 2.24) is 0 Å². The second kappa shape index (κ2) is 4.01. The molecule has 1 aliphatic carbocycles. The van der Waals surface area contributed by atoms with Gasteiger partial charge >= 0.3 is 0 Å². The predicted octanol–water partition coefficient (Wildman–Crippen LogP) is 1.12. The van der Waals surface area contributed by atoms with Gasteiger partial charge in [-0.1, -0.05) is 0 Å². The van der Waals surface area contributed by atoms with E-state index in [0.717, 1.165) is 25.7 Å². The van der Waals surface area contributed by atoms with Gasteiger partial charge < -0.3 is 23.7 Å². The molecule has 6 nitrogen and oxygen atoms in total. The first kappa shape index (κ1) is 13.2. The van der Waals surface area contributed by atoms with E-state index in [1.54, 1.807) is 13.8 Å². The van der Waals surface area contributed by atoms with E-state index in [9.17, 15) is 4.79 Å². The average Bonchev–Trinajstić information content (AvgIpc) is 3.06. The fourth-order valence-corrected chi connectivity index (χ4v) is 3.59. The van der Waals surface area contributed by atoms with Crippen LogP contribution in [0.1, 0.15) is 39.5 Å². The normalized spacial score (nSPS) is 45.4. The van der Waals surface area contributed by atoms with Crippen LogP contribution in [0, 0.1) is 0 Å². The van der Waals surface area contributed by atoms with E-state index in [1.165, 1.54) is 0 Å². The molecular weight excluding hydrogens is 264 g/mol. The maximum atomic E-state index is 12.7. The third-order valence-electron chi connectivity index (χ3n) is 4.55. The van der Waals surface area contributed by atoms with E-state index in [4.69, 9.17) is 23.7 Å². The summed E-state index contributed by atoms with van der Waals surface area (Å²) in [6.45, 7) is 3.96. The zero-order valence-electron chi connectivity index (χ0n) is 11.8. The molecule has 0 aromatic rings. The maximum absolute atomic E-state index is 12.7. The Bertz CT molecular complexity index is 441. The van der Waals surface area contributed by atoms with E-state index in [1.807, 2.05) is 0 Å². The molecule has 3 heterocycles. The van der Waals surface area contributed by atoms with Crippen molar-refractivity contribution in [1.29, 1.82) is 0 Å². The lowest BCUT2D eigenvalue weighted by molar-refractivity contribution is -0.263. The lowest BCUT2D eigenvalue weighted by atomic mass is 9.99. The summed E-state index contributed by atoms with van der Waals surface area (Å²) in [6, 6.07) is 0. The Morgan fingerprint density at radius 1 is 1.10 bits per heavy atom. The molecule has 3 atom stereocenters. The Balaban J connectivity index is 1.57. The standard InChI is InChI=1S/C14H20O6/c1-12(2)17-8-14(20-12)11(15)10-9(7-16-14)18-13(19-10)5-3-4-6-13/h9-10H,3-8H2,1-2H3/t9-,10?,14+/m1/s1. The van der Waals surface area contributed by atoms with E-state index in [-0.39, 0.29) is 18.5 Å². The number of hydrogen-bond acceptors (Lipinski definition) is 6. The number of fused-ring (bicyclic) bond motifs is 1.